The number of hydrogen-bond donors (Lipinski definition) is 2. The van der Waals surface area contributed by atoms with Gasteiger partial charge in [-0.2, -0.15) is 0 Å². The first kappa shape index (κ1) is 16.1. The van der Waals surface area contributed by atoms with Gasteiger partial charge in [-0.15, -0.1) is 0 Å². The number of benzene rings is 1. The number of amides is 2. The molecule has 0 radical (unpaired) electrons. The first-order valence-electron chi connectivity index (χ1n) is 7.57. The highest BCUT2D eigenvalue weighted by molar-refractivity contribution is 5.89. The molecule has 0 aromatic heterocycles. The summed E-state index contributed by atoms with van der Waals surface area (Å²) in [5.74, 6) is 0.237. The number of hydrogen-bond acceptors (Lipinski definition) is 3. The van der Waals surface area contributed by atoms with Crippen molar-refractivity contribution < 1.29 is 14.3 Å². The van der Waals surface area contributed by atoms with Crippen molar-refractivity contribution in [3.8, 4) is 0 Å². The predicted molar refractivity (Wildman–Crippen MR) is 84.3 cm³/mol. The molecule has 1 fully saturated rings. The van der Waals surface area contributed by atoms with Gasteiger partial charge in [0.2, 0.25) is 0 Å². The molecule has 0 saturated heterocycles. The predicted octanol–water partition coefficient (Wildman–Crippen LogP) is 2.98. The lowest BCUT2D eigenvalue weighted by atomic mass is 10.1. The zero-order valence-corrected chi connectivity index (χ0v) is 12.8. The molecule has 2 amide bonds. The summed E-state index contributed by atoms with van der Waals surface area (Å²) in [5.41, 5.74) is 1.41. The van der Waals surface area contributed by atoms with Crippen molar-refractivity contribution in [3.63, 3.8) is 0 Å². The average Bonchev–Trinajstić information content (AvgIpc) is 3.06. The maximum Gasteiger partial charge on any atom is 0.337 e. The minimum Gasteiger partial charge on any atom is -0.465 e. The average molecular weight is 302 g/mol. The Kier molecular flexibility index (Phi) is 6.01. The summed E-state index contributed by atoms with van der Waals surface area (Å²) in [7, 11) is 1.35. The van der Waals surface area contributed by atoms with Gasteiger partial charge in [0.1, 0.15) is 0 Å². The molecule has 1 aliphatic carbocycles. The van der Waals surface area contributed by atoms with Crippen molar-refractivity contribution in [1.82, 2.24) is 10.6 Å². The monoisotopic (exact) mass is 302 g/mol. The minimum absolute atomic E-state index is 0.230. The van der Waals surface area contributed by atoms with E-state index in [1.54, 1.807) is 30.5 Å². The van der Waals surface area contributed by atoms with Crippen LogP contribution in [0.15, 0.2) is 36.5 Å². The van der Waals surface area contributed by atoms with E-state index in [4.69, 9.17) is 0 Å². The van der Waals surface area contributed by atoms with Gasteiger partial charge in [-0.1, -0.05) is 31.1 Å². The van der Waals surface area contributed by atoms with E-state index < -0.39 is 0 Å². The smallest absolute Gasteiger partial charge is 0.337 e. The van der Waals surface area contributed by atoms with Gasteiger partial charge in [0, 0.05) is 12.7 Å². The molecule has 1 aromatic carbocycles. The van der Waals surface area contributed by atoms with Gasteiger partial charge in [-0.25, -0.2) is 9.59 Å². The van der Waals surface area contributed by atoms with Crippen molar-refractivity contribution in [2.24, 2.45) is 5.92 Å². The van der Waals surface area contributed by atoms with Crippen LogP contribution in [0.5, 0.6) is 0 Å². The number of methoxy groups -OCH3 is 1. The molecule has 0 bridgehead atoms. The van der Waals surface area contributed by atoms with Crippen LogP contribution in [0.3, 0.4) is 0 Å². The van der Waals surface area contributed by atoms with E-state index in [2.05, 4.69) is 21.4 Å². The number of carbonyl (C=O) groups excluding carboxylic acids is 2. The van der Waals surface area contributed by atoms with Gasteiger partial charge >= 0.3 is 12.0 Å². The summed E-state index contributed by atoms with van der Waals surface area (Å²) in [4.78, 5) is 23.0. The van der Waals surface area contributed by atoms with Crippen molar-refractivity contribution in [2.45, 2.75) is 32.2 Å². The Bertz CT molecular complexity index is 531. The summed E-state index contributed by atoms with van der Waals surface area (Å²) < 4.78 is 4.63. The first-order chi connectivity index (χ1) is 10.7. The Morgan fingerprint density at radius 1 is 1.23 bits per heavy atom. The van der Waals surface area contributed by atoms with E-state index in [-0.39, 0.29) is 12.0 Å². The molecule has 1 aromatic rings. The highest BCUT2D eigenvalue weighted by atomic mass is 16.5. The van der Waals surface area contributed by atoms with Crippen LogP contribution in [0.2, 0.25) is 0 Å². The lowest BCUT2D eigenvalue weighted by molar-refractivity contribution is 0.0600. The molecule has 5 nitrogen and oxygen atoms in total. The number of urea groups is 1. The number of carbonyl (C=O) groups is 2. The van der Waals surface area contributed by atoms with Crippen LogP contribution in [0.1, 0.15) is 41.6 Å². The van der Waals surface area contributed by atoms with Crippen molar-refractivity contribution >= 4 is 12.0 Å². The van der Waals surface area contributed by atoms with Gasteiger partial charge in [-0.05, 0) is 36.5 Å². The van der Waals surface area contributed by atoms with Crippen molar-refractivity contribution in [2.75, 3.05) is 7.11 Å². The summed E-state index contributed by atoms with van der Waals surface area (Å²) in [6.45, 7) is 0.407. The van der Waals surface area contributed by atoms with Crippen LogP contribution in [0, 0.1) is 5.92 Å². The molecule has 0 atom stereocenters. The lowest BCUT2D eigenvalue weighted by Crippen LogP contribution is -2.31. The molecule has 0 unspecified atom stereocenters. The largest absolute Gasteiger partial charge is 0.465 e. The number of rotatable bonds is 5. The topological polar surface area (TPSA) is 67.4 Å². The minimum atomic E-state index is -0.366. The Hall–Kier alpha value is -2.30. The van der Waals surface area contributed by atoms with Crippen molar-refractivity contribution in [3.05, 3.63) is 47.7 Å². The summed E-state index contributed by atoms with van der Waals surface area (Å²) in [5, 5.41) is 5.48. The van der Waals surface area contributed by atoms with Gasteiger partial charge in [-0.3, -0.25) is 0 Å². The standard InChI is InChI=1S/C17H22N2O3/c1-22-16(20)15-8-6-14(7-9-15)12-19-17(21)18-11-10-13-4-2-3-5-13/h6-11,13H,2-5,12H2,1H3,(H2,18,19,21)/b11-10+. The molecule has 22 heavy (non-hydrogen) atoms. The van der Waals surface area contributed by atoms with Gasteiger partial charge < -0.3 is 15.4 Å². The second kappa shape index (κ2) is 8.22. The summed E-state index contributed by atoms with van der Waals surface area (Å²) >= 11 is 0. The van der Waals surface area contributed by atoms with E-state index in [0.29, 0.717) is 18.0 Å². The third-order valence-electron chi connectivity index (χ3n) is 3.81. The fourth-order valence-corrected chi connectivity index (χ4v) is 2.52. The van der Waals surface area contributed by atoms with Crippen LogP contribution in [0.25, 0.3) is 0 Å². The number of nitrogens with one attached hydrogen (secondary N) is 2. The molecular formula is C17H22N2O3. The van der Waals surface area contributed by atoms with Crippen LogP contribution < -0.4 is 10.6 Å². The quantitative estimate of drug-likeness (QED) is 0.822. The van der Waals surface area contributed by atoms with Crippen LogP contribution >= 0.6 is 0 Å². The van der Waals surface area contributed by atoms with E-state index in [1.165, 1.54) is 32.8 Å². The number of ether oxygens (including phenoxy) is 1. The second-order valence-corrected chi connectivity index (χ2v) is 5.42. The summed E-state index contributed by atoms with van der Waals surface area (Å²) in [6, 6.07) is 6.72. The SMILES string of the molecule is COC(=O)c1ccc(CNC(=O)N/C=C/C2CCCC2)cc1. The third-order valence-corrected chi connectivity index (χ3v) is 3.81. The Morgan fingerprint density at radius 2 is 1.91 bits per heavy atom. The fraction of sp³-hybridized carbons (Fsp3) is 0.412. The number of allylic oxidation sites excluding steroid dienone is 1. The maximum absolute atomic E-state index is 11.7. The van der Waals surface area contributed by atoms with Crippen LogP contribution in [-0.2, 0) is 11.3 Å². The van der Waals surface area contributed by atoms with Crippen LogP contribution in [-0.4, -0.2) is 19.1 Å². The Balaban J connectivity index is 1.72. The van der Waals surface area contributed by atoms with E-state index in [9.17, 15) is 9.59 Å². The highest BCUT2D eigenvalue weighted by Crippen LogP contribution is 2.25. The van der Waals surface area contributed by atoms with Crippen LogP contribution in [0.4, 0.5) is 4.79 Å². The van der Waals surface area contributed by atoms with Crippen molar-refractivity contribution in [1.29, 1.82) is 0 Å². The third kappa shape index (κ3) is 4.91. The first-order valence-corrected chi connectivity index (χ1v) is 7.57. The molecule has 118 valence electrons. The molecule has 2 rings (SSSR count). The van der Waals surface area contributed by atoms with Gasteiger partial charge in [0.15, 0.2) is 0 Å². The maximum atomic E-state index is 11.7. The normalized spacial score (nSPS) is 15.0. The fourth-order valence-electron chi connectivity index (χ4n) is 2.52. The summed E-state index contributed by atoms with van der Waals surface area (Å²) in [6.07, 6.45) is 8.79. The van der Waals surface area contributed by atoms with Gasteiger partial charge in [0.05, 0.1) is 12.7 Å². The van der Waals surface area contributed by atoms with E-state index >= 15 is 0 Å². The molecule has 5 heteroatoms. The Morgan fingerprint density at radius 3 is 2.55 bits per heavy atom. The molecule has 2 N–H and O–H groups in total. The molecular weight excluding hydrogens is 280 g/mol. The highest BCUT2D eigenvalue weighted by Gasteiger charge is 2.11. The van der Waals surface area contributed by atoms with E-state index in [1.807, 2.05) is 0 Å². The lowest BCUT2D eigenvalue weighted by Gasteiger charge is -2.06. The molecule has 1 saturated carbocycles. The molecule has 0 aliphatic heterocycles. The number of esters is 1. The van der Waals surface area contributed by atoms with Gasteiger partial charge in [0.25, 0.3) is 0 Å². The second-order valence-electron chi connectivity index (χ2n) is 5.42. The van der Waals surface area contributed by atoms with E-state index in [0.717, 1.165) is 5.56 Å². The molecule has 1 aliphatic rings. The zero-order valence-electron chi connectivity index (χ0n) is 12.8. The molecule has 0 spiro atoms. The zero-order chi connectivity index (χ0) is 15.8. The Labute approximate surface area is 130 Å². The molecule has 0 heterocycles.